The molecule has 0 spiro atoms. The number of aromatic nitrogens is 3. The number of ketones is 1. The molecule has 2 N–H and O–H groups in total. The summed E-state index contributed by atoms with van der Waals surface area (Å²) in [6.45, 7) is 4.06. The maximum atomic E-state index is 15.3. The predicted molar refractivity (Wildman–Crippen MR) is 165 cm³/mol. The number of rotatable bonds is 7. The minimum atomic E-state index is -0.622. The van der Waals surface area contributed by atoms with Gasteiger partial charge in [0, 0.05) is 47.9 Å². The number of urea groups is 1. The van der Waals surface area contributed by atoms with Gasteiger partial charge in [-0.15, -0.1) is 0 Å². The summed E-state index contributed by atoms with van der Waals surface area (Å²) in [5.74, 6) is 0.557. The number of carbonyl (C=O) groups excluding carboxylic acids is 2. The second-order valence-electron chi connectivity index (χ2n) is 10.3. The number of hydrogen-bond acceptors (Lipinski definition) is 7. The van der Waals surface area contributed by atoms with Crippen LogP contribution in [0.1, 0.15) is 12.5 Å². The summed E-state index contributed by atoms with van der Waals surface area (Å²) in [5.41, 5.74) is 4.31. The summed E-state index contributed by atoms with van der Waals surface area (Å²) in [6.07, 6.45) is 2.07. The van der Waals surface area contributed by atoms with Gasteiger partial charge in [-0.3, -0.25) is 9.78 Å². The van der Waals surface area contributed by atoms with Crippen LogP contribution in [0, 0.1) is 5.82 Å². The van der Waals surface area contributed by atoms with Crippen molar-refractivity contribution in [1.29, 1.82) is 0 Å². The van der Waals surface area contributed by atoms with E-state index < -0.39 is 11.8 Å². The number of morpholine rings is 1. The Morgan fingerprint density at radius 3 is 2.42 bits per heavy atom. The minimum absolute atomic E-state index is 0.0149. The average Bonchev–Trinajstić information content (AvgIpc) is 3.03. The highest BCUT2D eigenvalue weighted by atomic mass is 19.1. The van der Waals surface area contributed by atoms with Gasteiger partial charge in [-0.2, -0.15) is 0 Å². The van der Waals surface area contributed by atoms with Crippen molar-refractivity contribution in [3.8, 4) is 22.6 Å². The van der Waals surface area contributed by atoms with Crippen molar-refractivity contribution in [3.05, 3.63) is 96.4 Å². The number of benzene rings is 3. The summed E-state index contributed by atoms with van der Waals surface area (Å²) in [6, 6.07) is 22.5. The third-order valence-corrected chi connectivity index (χ3v) is 7.09. The number of carbonyl (C=O) groups is 2. The van der Waals surface area contributed by atoms with E-state index in [1.807, 2.05) is 36.4 Å². The van der Waals surface area contributed by atoms with Crippen molar-refractivity contribution >= 4 is 39.9 Å². The number of anilines is 3. The van der Waals surface area contributed by atoms with Crippen LogP contribution in [0.2, 0.25) is 0 Å². The molecule has 9 nitrogen and oxygen atoms in total. The molecule has 3 heterocycles. The molecule has 1 saturated heterocycles. The highest BCUT2D eigenvalue weighted by Crippen LogP contribution is 2.32. The molecule has 5 aromatic rings. The lowest BCUT2D eigenvalue weighted by Gasteiger charge is -2.29. The van der Waals surface area contributed by atoms with Crippen LogP contribution >= 0.6 is 0 Å². The van der Waals surface area contributed by atoms with Gasteiger partial charge in [0.1, 0.15) is 17.4 Å². The van der Waals surface area contributed by atoms with E-state index in [1.54, 1.807) is 36.5 Å². The van der Waals surface area contributed by atoms with E-state index >= 15 is 4.39 Å². The second kappa shape index (κ2) is 12.3. The zero-order chi connectivity index (χ0) is 29.8. The van der Waals surface area contributed by atoms with Crippen LogP contribution in [-0.4, -0.2) is 53.1 Å². The smallest absolute Gasteiger partial charge is 0.323 e. The predicted octanol–water partition coefficient (Wildman–Crippen LogP) is 6.11. The van der Waals surface area contributed by atoms with E-state index in [2.05, 4.69) is 20.5 Å². The van der Waals surface area contributed by atoms with Gasteiger partial charge in [-0.1, -0.05) is 24.3 Å². The topological polar surface area (TPSA) is 109 Å². The number of hydrogen-bond donors (Lipinski definition) is 2. The lowest BCUT2D eigenvalue weighted by atomic mass is 10.1. The highest BCUT2D eigenvalue weighted by molar-refractivity contribution is 6.00. The fourth-order valence-corrected chi connectivity index (χ4v) is 4.98. The molecule has 1 fully saturated rings. The second-order valence-corrected chi connectivity index (χ2v) is 10.3. The zero-order valence-corrected chi connectivity index (χ0v) is 23.5. The lowest BCUT2D eigenvalue weighted by Crippen LogP contribution is -2.37. The lowest BCUT2D eigenvalue weighted by molar-refractivity contribution is -0.116. The van der Waals surface area contributed by atoms with Crippen molar-refractivity contribution in [2.45, 2.75) is 13.3 Å². The number of ether oxygens (including phenoxy) is 1. The van der Waals surface area contributed by atoms with Gasteiger partial charge in [0.2, 0.25) is 0 Å². The first kappa shape index (κ1) is 27.9. The summed E-state index contributed by atoms with van der Waals surface area (Å²) in [4.78, 5) is 40.2. The summed E-state index contributed by atoms with van der Waals surface area (Å²) >= 11 is 0. The van der Waals surface area contributed by atoms with Gasteiger partial charge in [0.15, 0.2) is 5.82 Å². The van der Waals surface area contributed by atoms with Crippen molar-refractivity contribution in [3.63, 3.8) is 0 Å². The monoisotopic (exact) mass is 576 g/mol. The molecule has 6 rings (SSSR count). The van der Waals surface area contributed by atoms with Crippen LogP contribution in [-0.2, 0) is 16.0 Å². The quantitative estimate of drug-likeness (QED) is 0.241. The molecule has 216 valence electrons. The Balaban J connectivity index is 1.27. The van der Waals surface area contributed by atoms with Crippen LogP contribution in [0.3, 0.4) is 0 Å². The summed E-state index contributed by atoms with van der Waals surface area (Å²) in [5, 5.41) is 6.12. The Labute approximate surface area is 247 Å². The Bertz CT molecular complexity index is 1790. The average molecular weight is 577 g/mol. The van der Waals surface area contributed by atoms with Crippen LogP contribution in [0.25, 0.3) is 33.5 Å². The third-order valence-electron chi connectivity index (χ3n) is 7.09. The molecule has 43 heavy (non-hydrogen) atoms. The fourth-order valence-electron chi connectivity index (χ4n) is 4.98. The molecule has 3 aromatic carbocycles. The summed E-state index contributed by atoms with van der Waals surface area (Å²) < 4.78 is 20.8. The van der Waals surface area contributed by atoms with Crippen LogP contribution < -0.4 is 15.5 Å². The van der Waals surface area contributed by atoms with Crippen LogP contribution in [0.4, 0.5) is 26.4 Å². The molecule has 0 radical (unpaired) electrons. The normalized spacial score (nSPS) is 13.1. The number of nitrogens with one attached hydrogen (secondary N) is 2. The highest BCUT2D eigenvalue weighted by Gasteiger charge is 2.19. The van der Waals surface area contributed by atoms with Gasteiger partial charge in [-0.05, 0) is 67.1 Å². The van der Waals surface area contributed by atoms with E-state index in [1.165, 1.54) is 19.1 Å². The number of amides is 2. The molecular weight excluding hydrogens is 547 g/mol. The fraction of sp³-hybridized carbons (Fsp3) is 0.182. The van der Waals surface area contributed by atoms with Gasteiger partial charge in [0.05, 0.1) is 30.1 Å². The Morgan fingerprint density at radius 2 is 1.70 bits per heavy atom. The number of pyridine rings is 1. The molecule has 10 heteroatoms. The molecule has 0 bridgehead atoms. The molecule has 1 aliphatic rings. The number of fused-ring (bicyclic) bond motifs is 1. The van der Waals surface area contributed by atoms with Gasteiger partial charge in [0.25, 0.3) is 0 Å². The van der Waals surface area contributed by atoms with Gasteiger partial charge >= 0.3 is 6.03 Å². The Kier molecular flexibility index (Phi) is 8.01. The molecule has 0 saturated carbocycles. The Morgan fingerprint density at radius 1 is 0.907 bits per heavy atom. The number of halogens is 1. The van der Waals surface area contributed by atoms with E-state index in [-0.39, 0.29) is 11.5 Å². The third kappa shape index (κ3) is 6.49. The molecular formula is C33H29FN6O3. The molecule has 2 amide bonds. The van der Waals surface area contributed by atoms with Crippen molar-refractivity contribution in [1.82, 2.24) is 15.0 Å². The van der Waals surface area contributed by atoms with Crippen molar-refractivity contribution in [2.75, 3.05) is 41.8 Å². The largest absolute Gasteiger partial charge is 0.378 e. The van der Waals surface area contributed by atoms with Gasteiger partial charge < -0.3 is 20.3 Å². The standard InChI is InChI=1S/C33H29FN6O3/c1-21(41)18-22-5-9-25(10-6-22)36-33(42)38-29-12-8-24(19-27(29)34)31-37-30-20-23(28-4-2-3-13-35-28)7-11-26(30)32(39-31)40-14-16-43-17-15-40/h2-13,19-20H,14-18H2,1H3,(H2,36,38,42). The summed E-state index contributed by atoms with van der Waals surface area (Å²) in [7, 11) is 0. The minimum Gasteiger partial charge on any atom is -0.378 e. The molecule has 0 aliphatic carbocycles. The van der Waals surface area contributed by atoms with Crippen molar-refractivity contribution in [2.24, 2.45) is 0 Å². The van der Waals surface area contributed by atoms with E-state index in [0.29, 0.717) is 55.3 Å². The van der Waals surface area contributed by atoms with E-state index in [9.17, 15) is 9.59 Å². The first-order chi connectivity index (χ1) is 20.9. The SMILES string of the molecule is CC(=O)Cc1ccc(NC(=O)Nc2ccc(-c3nc(N4CCOCC4)c4ccc(-c5ccccn5)cc4n3)cc2F)cc1. The maximum Gasteiger partial charge on any atom is 0.323 e. The van der Waals surface area contributed by atoms with Crippen LogP contribution in [0.15, 0.2) is 85.1 Å². The Hall–Kier alpha value is -5.22. The maximum absolute atomic E-state index is 15.3. The van der Waals surface area contributed by atoms with E-state index in [4.69, 9.17) is 14.7 Å². The number of Topliss-reactive ketones (excluding diaryl/α,β-unsaturated/α-hetero) is 1. The van der Waals surface area contributed by atoms with Crippen LogP contribution in [0.5, 0.6) is 0 Å². The van der Waals surface area contributed by atoms with E-state index in [0.717, 1.165) is 28.0 Å². The first-order valence-electron chi connectivity index (χ1n) is 14.0. The molecule has 2 aromatic heterocycles. The van der Waals surface area contributed by atoms with Gasteiger partial charge in [-0.25, -0.2) is 19.2 Å². The molecule has 1 aliphatic heterocycles. The number of nitrogens with zero attached hydrogens (tertiary/aromatic N) is 4. The van der Waals surface area contributed by atoms with Crippen molar-refractivity contribution < 1.29 is 18.7 Å². The molecule has 0 atom stereocenters. The zero-order valence-electron chi connectivity index (χ0n) is 23.5. The molecule has 0 unspecified atom stereocenters. The first-order valence-corrected chi connectivity index (χ1v) is 14.0.